The molecule has 1 heterocycles. The average molecular weight is 289 g/mol. The number of hydrogen-bond donors (Lipinski definition) is 0. The largest absolute Gasteiger partial charge is 0.494 e. The van der Waals surface area contributed by atoms with Crippen molar-refractivity contribution in [3.05, 3.63) is 45.7 Å². The number of pyridine rings is 1. The maximum atomic E-state index is 6.14. The summed E-state index contributed by atoms with van der Waals surface area (Å²) in [5.74, 6) is 0.574. The number of aromatic nitrogens is 1. The van der Waals surface area contributed by atoms with Gasteiger partial charge in [0.25, 0.3) is 0 Å². The summed E-state index contributed by atoms with van der Waals surface area (Å²) in [4.78, 5) is 3.95. The van der Waals surface area contributed by atoms with E-state index in [0.29, 0.717) is 26.5 Å². The first-order chi connectivity index (χ1) is 8.13. The molecule has 0 bridgehead atoms. The molecule has 5 heteroatoms. The molecule has 2 aromatic rings. The highest BCUT2D eigenvalue weighted by atomic mass is 35.5. The third-order valence-corrected chi connectivity index (χ3v) is 3.12. The van der Waals surface area contributed by atoms with Gasteiger partial charge in [0.2, 0.25) is 0 Å². The molecule has 2 nitrogen and oxygen atoms in total. The molecule has 0 aliphatic rings. The maximum Gasteiger partial charge on any atom is 0.145 e. The van der Waals surface area contributed by atoms with E-state index < -0.39 is 0 Å². The second kappa shape index (κ2) is 5.13. The fourth-order valence-electron chi connectivity index (χ4n) is 1.53. The smallest absolute Gasteiger partial charge is 0.145 e. The van der Waals surface area contributed by atoms with Gasteiger partial charge in [-0.05, 0) is 18.2 Å². The normalized spacial score (nSPS) is 10.4. The highest BCUT2D eigenvalue weighted by Gasteiger charge is 2.14. The molecule has 17 heavy (non-hydrogen) atoms. The van der Waals surface area contributed by atoms with Crippen LogP contribution >= 0.6 is 34.8 Å². The molecule has 0 saturated carbocycles. The predicted octanol–water partition coefficient (Wildman–Crippen LogP) is 4.72. The zero-order chi connectivity index (χ0) is 12.4. The molecule has 0 atom stereocenters. The van der Waals surface area contributed by atoms with E-state index in [2.05, 4.69) is 4.98 Å². The third kappa shape index (κ3) is 2.49. The molecule has 1 aromatic carbocycles. The quantitative estimate of drug-likeness (QED) is 0.746. The topological polar surface area (TPSA) is 22.1 Å². The molecule has 0 radical (unpaired) electrons. The number of rotatable bonds is 2. The van der Waals surface area contributed by atoms with Gasteiger partial charge in [0, 0.05) is 11.1 Å². The van der Waals surface area contributed by atoms with Gasteiger partial charge < -0.3 is 4.74 Å². The molecule has 0 spiro atoms. The Bertz CT molecular complexity index is 537. The molecular weight excluding hydrogens is 280 g/mol. The van der Waals surface area contributed by atoms with Crippen LogP contribution in [0.4, 0.5) is 0 Å². The van der Waals surface area contributed by atoms with E-state index in [1.165, 1.54) is 6.20 Å². The first kappa shape index (κ1) is 12.5. The standard InChI is InChI=1S/C12H8Cl3NO/c1-17-10-6-16-11(15)5-7(10)12-8(13)3-2-4-9(12)14/h2-6H,1H3. The van der Waals surface area contributed by atoms with Crippen LogP contribution in [0.1, 0.15) is 0 Å². The Morgan fingerprint density at radius 2 is 1.76 bits per heavy atom. The van der Waals surface area contributed by atoms with E-state index in [1.54, 1.807) is 31.4 Å². The van der Waals surface area contributed by atoms with Crippen molar-refractivity contribution in [2.75, 3.05) is 7.11 Å². The first-order valence-corrected chi connectivity index (χ1v) is 5.91. The highest BCUT2D eigenvalue weighted by molar-refractivity contribution is 6.39. The SMILES string of the molecule is COc1cnc(Cl)cc1-c1c(Cl)cccc1Cl. The van der Waals surface area contributed by atoms with E-state index in [9.17, 15) is 0 Å². The van der Waals surface area contributed by atoms with Crippen LogP contribution < -0.4 is 4.74 Å². The molecule has 0 unspecified atom stereocenters. The van der Waals surface area contributed by atoms with Crippen LogP contribution in [0.15, 0.2) is 30.5 Å². The van der Waals surface area contributed by atoms with Gasteiger partial charge in [-0.15, -0.1) is 0 Å². The summed E-state index contributed by atoms with van der Waals surface area (Å²) >= 11 is 18.2. The van der Waals surface area contributed by atoms with Crippen molar-refractivity contribution in [2.45, 2.75) is 0 Å². The highest BCUT2D eigenvalue weighted by Crippen LogP contribution is 2.40. The zero-order valence-corrected chi connectivity index (χ0v) is 11.1. The average Bonchev–Trinajstić information content (AvgIpc) is 2.29. The van der Waals surface area contributed by atoms with Crippen LogP contribution in [0, 0.1) is 0 Å². The summed E-state index contributed by atoms with van der Waals surface area (Å²) in [5, 5.41) is 1.44. The van der Waals surface area contributed by atoms with Gasteiger partial charge >= 0.3 is 0 Å². The van der Waals surface area contributed by atoms with Gasteiger partial charge in [-0.2, -0.15) is 0 Å². The number of hydrogen-bond acceptors (Lipinski definition) is 2. The molecule has 2 rings (SSSR count). The van der Waals surface area contributed by atoms with E-state index in [-0.39, 0.29) is 0 Å². The minimum absolute atomic E-state index is 0.358. The summed E-state index contributed by atoms with van der Waals surface area (Å²) < 4.78 is 5.23. The van der Waals surface area contributed by atoms with Gasteiger partial charge in [0.1, 0.15) is 10.9 Å². The molecule has 0 saturated heterocycles. The summed E-state index contributed by atoms with van der Waals surface area (Å²) in [6, 6.07) is 6.98. The molecule has 0 amide bonds. The van der Waals surface area contributed by atoms with Crippen molar-refractivity contribution in [3.63, 3.8) is 0 Å². The van der Waals surface area contributed by atoms with E-state index >= 15 is 0 Å². The Kier molecular flexibility index (Phi) is 3.77. The number of benzene rings is 1. The maximum absolute atomic E-state index is 6.14. The summed E-state index contributed by atoms with van der Waals surface area (Å²) in [5.41, 5.74) is 1.42. The number of nitrogens with zero attached hydrogens (tertiary/aromatic N) is 1. The minimum atomic E-state index is 0.358. The fourth-order valence-corrected chi connectivity index (χ4v) is 2.29. The molecule has 0 N–H and O–H groups in total. The predicted molar refractivity (Wildman–Crippen MR) is 71.3 cm³/mol. The lowest BCUT2D eigenvalue weighted by Gasteiger charge is -2.11. The molecule has 1 aromatic heterocycles. The van der Waals surface area contributed by atoms with Crippen LogP contribution in [-0.4, -0.2) is 12.1 Å². The second-order valence-corrected chi connectivity index (χ2v) is 4.51. The Morgan fingerprint density at radius 1 is 1.12 bits per heavy atom. The lowest BCUT2D eigenvalue weighted by molar-refractivity contribution is 0.414. The Labute approximate surface area is 114 Å². The lowest BCUT2D eigenvalue weighted by atomic mass is 10.1. The van der Waals surface area contributed by atoms with Crippen molar-refractivity contribution >= 4 is 34.8 Å². The molecule has 0 aliphatic carbocycles. The number of methoxy groups -OCH3 is 1. The number of halogens is 3. The van der Waals surface area contributed by atoms with Gasteiger partial charge in [0.15, 0.2) is 0 Å². The Morgan fingerprint density at radius 3 is 2.35 bits per heavy atom. The van der Waals surface area contributed by atoms with Gasteiger partial charge in [-0.3, -0.25) is 0 Å². The van der Waals surface area contributed by atoms with Crippen molar-refractivity contribution in [3.8, 4) is 16.9 Å². The zero-order valence-electron chi connectivity index (χ0n) is 8.88. The van der Waals surface area contributed by atoms with Crippen LogP contribution in [0.5, 0.6) is 5.75 Å². The summed E-state index contributed by atoms with van der Waals surface area (Å²) in [7, 11) is 1.55. The monoisotopic (exact) mass is 287 g/mol. The van der Waals surface area contributed by atoms with Crippen LogP contribution in [0.2, 0.25) is 15.2 Å². The fraction of sp³-hybridized carbons (Fsp3) is 0.0833. The van der Waals surface area contributed by atoms with Crippen molar-refractivity contribution in [1.82, 2.24) is 4.98 Å². The van der Waals surface area contributed by atoms with Gasteiger partial charge in [-0.25, -0.2) is 4.98 Å². The minimum Gasteiger partial charge on any atom is -0.494 e. The van der Waals surface area contributed by atoms with Gasteiger partial charge in [0.05, 0.1) is 23.4 Å². The van der Waals surface area contributed by atoms with E-state index in [1.807, 2.05) is 0 Å². The second-order valence-electron chi connectivity index (χ2n) is 3.30. The first-order valence-electron chi connectivity index (χ1n) is 4.77. The Balaban J connectivity index is 2.71. The van der Waals surface area contributed by atoms with Crippen LogP contribution in [-0.2, 0) is 0 Å². The molecular formula is C12H8Cl3NO. The van der Waals surface area contributed by atoms with E-state index in [0.717, 1.165) is 5.56 Å². The van der Waals surface area contributed by atoms with Crippen molar-refractivity contribution < 1.29 is 4.74 Å². The summed E-state index contributed by atoms with van der Waals surface area (Å²) in [6.45, 7) is 0. The van der Waals surface area contributed by atoms with Crippen LogP contribution in [0.25, 0.3) is 11.1 Å². The Hall–Kier alpha value is -0.960. The van der Waals surface area contributed by atoms with E-state index in [4.69, 9.17) is 39.5 Å². The molecule has 0 fully saturated rings. The third-order valence-electron chi connectivity index (χ3n) is 2.29. The molecule has 0 aliphatic heterocycles. The van der Waals surface area contributed by atoms with Gasteiger partial charge in [-0.1, -0.05) is 40.9 Å². The van der Waals surface area contributed by atoms with Crippen molar-refractivity contribution in [2.24, 2.45) is 0 Å². The number of ether oxygens (including phenoxy) is 1. The molecule has 88 valence electrons. The van der Waals surface area contributed by atoms with Crippen molar-refractivity contribution in [1.29, 1.82) is 0 Å². The van der Waals surface area contributed by atoms with Crippen LogP contribution in [0.3, 0.4) is 0 Å². The summed E-state index contributed by atoms with van der Waals surface area (Å²) in [6.07, 6.45) is 1.54. The lowest BCUT2D eigenvalue weighted by Crippen LogP contribution is -1.91.